The lowest BCUT2D eigenvalue weighted by molar-refractivity contribution is 0.0623. The zero-order chi connectivity index (χ0) is 7.98. The van der Waals surface area contributed by atoms with Gasteiger partial charge in [0.15, 0.2) is 0 Å². The molecule has 3 nitrogen and oxygen atoms in total. The molecule has 1 atom stereocenters. The van der Waals surface area contributed by atoms with Gasteiger partial charge in [0.2, 0.25) is 12.7 Å². The molecule has 0 aromatic rings. The summed E-state index contributed by atoms with van der Waals surface area (Å²) in [5.41, 5.74) is 0. The number of hydrogen-bond donors (Lipinski definition) is 0. The van der Waals surface area contributed by atoms with Crippen molar-refractivity contribution in [3.63, 3.8) is 0 Å². The van der Waals surface area contributed by atoms with Gasteiger partial charge < -0.3 is 10.2 Å². The average Bonchev–Trinajstić information content (AvgIpc) is 1.99. The summed E-state index contributed by atoms with van der Waals surface area (Å²) in [4.78, 5) is 2.17. The predicted octanol–water partition coefficient (Wildman–Crippen LogP) is -0.854. The summed E-state index contributed by atoms with van der Waals surface area (Å²) in [6, 6.07) is 0. The minimum absolute atomic E-state index is 0.219. The van der Waals surface area contributed by atoms with Crippen molar-refractivity contribution in [1.29, 1.82) is 0 Å². The Kier molecular flexibility index (Phi) is 5.58. The molecule has 1 unspecified atom stereocenters. The van der Waals surface area contributed by atoms with Gasteiger partial charge >= 0.3 is 0 Å². The van der Waals surface area contributed by atoms with Crippen LogP contribution in [0.3, 0.4) is 0 Å². The lowest BCUT2D eigenvalue weighted by Crippen LogP contribution is -2.33. The standard InChI is InChI=1S/C7H17NO2/c1-3-8(4-2)5-7(10)6-9/h7,9-10H,3-6H2,1-2H3/p+2. The summed E-state index contributed by atoms with van der Waals surface area (Å²) in [5.74, 6) is 0. The van der Waals surface area contributed by atoms with E-state index in [-0.39, 0.29) is 12.7 Å². The van der Waals surface area contributed by atoms with E-state index in [1.165, 1.54) is 0 Å². The highest BCUT2D eigenvalue weighted by atomic mass is 16.3. The second-order valence-corrected chi connectivity index (χ2v) is 2.39. The molecule has 0 aromatic carbocycles. The summed E-state index contributed by atoms with van der Waals surface area (Å²) in [6.07, 6.45) is -0.222. The summed E-state index contributed by atoms with van der Waals surface area (Å²) in [7, 11) is 0. The first-order valence-electron chi connectivity index (χ1n) is 3.82. The Balaban J connectivity index is 3.41. The van der Waals surface area contributed by atoms with Gasteiger partial charge in [-0.3, -0.25) is 4.90 Å². The lowest BCUT2D eigenvalue weighted by Gasteiger charge is -2.17. The molecule has 3 heteroatoms. The van der Waals surface area contributed by atoms with Crippen LogP contribution in [-0.4, -0.2) is 47.5 Å². The smallest absolute Gasteiger partial charge is 0.235 e. The molecule has 0 amide bonds. The van der Waals surface area contributed by atoms with Crippen molar-refractivity contribution >= 4 is 0 Å². The molecule has 0 radical (unpaired) electrons. The fraction of sp³-hybridized carbons (Fsp3) is 1.00. The van der Waals surface area contributed by atoms with Crippen LogP contribution >= 0.6 is 0 Å². The number of nitrogens with zero attached hydrogens (tertiary/aromatic N) is 1. The molecule has 0 aliphatic heterocycles. The Morgan fingerprint density at radius 2 is 1.80 bits per heavy atom. The first-order valence-corrected chi connectivity index (χ1v) is 3.82. The molecule has 4 N–H and O–H groups in total. The van der Waals surface area contributed by atoms with Crippen LogP contribution in [0.2, 0.25) is 0 Å². The summed E-state index contributed by atoms with van der Waals surface area (Å²) in [5, 5.41) is 14.3. The van der Waals surface area contributed by atoms with E-state index in [0.717, 1.165) is 19.6 Å². The molecule has 0 saturated carbocycles. The average molecular weight is 149 g/mol. The largest absolute Gasteiger partial charge is 0.439 e. The Labute approximate surface area is 62.3 Å². The lowest BCUT2D eigenvalue weighted by atomic mass is 10.3. The Bertz CT molecular complexity index is 74.0. The monoisotopic (exact) mass is 149 g/mol. The van der Waals surface area contributed by atoms with Crippen LogP contribution in [0.25, 0.3) is 0 Å². The molecule has 10 heavy (non-hydrogen) atoms. The van der Waals surface area contributed by atoms with E-state index < -0.39 is 0 Å². The number of hydrogen-bond acceptors (Lipinski definition) is 1. The van der Waals surface area contributed by atoms with E-state index in [9.17, 15) is 0 Å². The highest BCUT2D eigenvalue weighted by Crippen LogP contribution is 1.90. The van der Waals surface area contributed by atoms with E-state index in [1.54, 1.807) is 0 Å². The highest BCUT2D eigenvalue weighted by Gasteiger charge is 2.12. The molecule has 0 spiro atoms. The van der Waals surface area contributed by atoms with E-state index in [1.807, 2.05) is 0 Å². The van der Waals surface area contributed by atoms with Crippen molar-refractivity contribution in [3.8, 4) is 0 Å². The molecule has 0 fully saturated rings. The minimum atomic E-state index is -0.222. The fourth-order valence-electron chi connectivity index (χ4n) is 0.858. The third-order valence-corrected chi connectivity index (χ3v) is 1.62. The molecule has 0 rings (SSSR count). The molecular formula is C7H19NO2+2. The van der Waals surface area contributed by atoms with E-state index in [4.69, 9.17) is 10.2 Å². The summed E-state index contributed by atoms with van der Waals surface area (Å²) < 4.78 is 0. The SMILES string of the molecule is CCN(CC)CC([OH2+])C[OH2+]. The Morgan fingerprint density at radius 3 is 2.10 bits per heavy atom. The maximum Gasteiger partial charge on any atom is 0.235 e. The van der Waals surface area contributed by atoms with Crippen LogP contribution in [0.5, 0.6) is 0 Å². The first-order chi connectivity index (χ1) is 4.74. The van der Waals surface area contributed by atoms with E-state index in [0.29, 0.717) is 0 Å². The Morgan fingerprint density at radius 1 is 1.30 bits per heavy atom. The van der Waals surface area contributed by atoms with Crippen molar-refractivity contribution in [3.05, 3.63) is 0 Å². The molecule has 0 aliphatic rings. The van der Waals surface area contributed by atoms with Crippen LogP contribution in [-0.2, 0) is 0 Å². The van der Waals surface area contributed by atoms with Gasteiger partial charge in [0.05, 0.1) is 6.54 Å². The second-order valence-electron chi connectivity index (χ2n) is 2.39. The van der Waals surface area contributed by atoms with Crippen LogP contribution in [0, 0.1) is 0 Å². The quantitative estimate of drug-likeness (QED) is 0.469. The van der Waals surface area contributed by atoms with Gasteiger partial charge in [-0.25, -0.2) is 0 Å². The molecule has 0 aliphatic carbocycles. The van der Waals surface area contributed by atoms with Crippen molar-refractivity contribution in [1.82, 2.24) is 4.90 Å². The van der Waals surface area contributed by atoms with E-state index in [2.05, 4.69) is 18.7 Å². The predicted molar refractivity (Wildman–Crippen MR) is 43.7 cm³/mol. The molecule has 0 heterocycles. The second kappa shape index (κ2) is 5.65. The van der Waals surface area contributed by atoms with Gasteiger partial charge in [-0.15, -0.1) is 0 Å². The minimum Gasteiger partial charge on any atom is -0.439 e. The van der Waals surface area contributed by atoms with Gasteiger partial charge in [-0.1, -0.05) is 13.8 Å². The van der Waals surface area contributed by atoms with Gasteiger partial charge in [-0.05, 0) is 13.1 Å². The molecule has 0 aromatic heterocycles. The number of rotatable bonds is 5. The summed E-state index contributed by atoms with van der Waals surface area (Å²) in [6.45, 7) is 7.12. The van der Waals surface area contributed by atoms with Crippen LogP contribution < -0.4 is 0 Å². The van der Waals surface area contributed by atoms with Gasteiger partial charge in [0.1, 0.15) is 0 Å². The molecule has 62 valence electrons. The van der Waals surface area contributed by atoms with Crippen molar-refractivity contribution in [2.75, 3.05) is 26.2 Å². The fourth-order valence-corrected chi connectivity index (χ4v) is 0.858. The summed E-state index contributed by atoms with van der Waals surface area (Å²) >= 11 is 0. The molecular weight excluding hydrogens is 130 g/mol. The highest BCUT2D eigenvalue weighted by molar-refractivity contribution is 4.59. The topological polar surface area (TPSA) is 49.0 Å². The van der Waals surface area contributed by atoms with Gasteiger partial charge in [0, 0.05) is 0 Å². The molecule has 0 saturated heterocycles. The van der Waals surface area contributed by atoms with Crippen molar-refractivity contribution in [2.24, 2.45) is 0 Å². The van der Waals surface area contributed by atoms with Crippen molar-refractivity contribution in [2.45, 2.75) is 20.0 Å². The van der Waals surface area contributed by atoms with Crippen LogP contribution in [0.1, 0.15) is 13.8 Å². The zero-order valence-corrected chi connectivity index (χ0v) is 6.85. The van der Waals surface area contributed by atoms with Crippen LogP contribution in [0.4, 0.5) is 0 Å². The van der Waals surface area contributed by atoms with Crippen LogP contribution in [0.15, 0.2) is 0 Å². The van der Waals surface area contributed by atoms with E-state index >= 15 is 0 Å². The van der Waals surface area contributed by atoms with Gasteiger partial charge in [0.25, 0.3) is 0 Å². The maximum atomic E-state index is 7.33. The first kappa shape index (κ1) is 9.88. The Hall–Kier alpha value is -0.120. The normalized spacial score (nSPS) is 14.1. The third kappa shape index (κ3) is 3.82. The maximum absolute atomic E-state index is 7.33. The number of likely N-dealkylation sites (N-methyl/N-ethyl adjacent to an activating group) is 1. The zero-order valence-electron chi connectivity index (χ0n) is 6.85. The van der Waals surface area contributed by atoms with Crippen molar-refractivity contribution < 1.29 is 10.2 Å². The third-order valence-electron chi connectivity index (χ3n) is 1.62. The molecule has 0 bridgehead atoms. The van der Waals surface area contributed by atoms with Gasteiger partial charge in [-0.2, -0.15) is 0 Å².